The van der Waals surface area contributed by atoms with Gasteiger partial charge in [-0.2, -0.15) is 0 Å². The molecular formula is C78H83CoN6O7+. The van der Waals surface area contributed by atoms with Crippen LogP contribution in [0.3, 0.4) is 0 Å². The van der Waals surface area contributed by atoms with Crippen LogP contribution in [0.5, 0.6) is 34.5 Å². The van der Waals surface area contributed by atoms with E-state index in [0.29, 0.717) is 34.9 Å². The van der Waals surface area contributed by atoms with Crippen molar-refractivity contribution in [1.29, 1.82) is 0 Å². The molecule has 0 fully saturated rings. The van der Waals surface area contributed by atoms with Gasteiger partial charge in [0.1, 0.15) is 64.3 Å². The summed E-state index contributed by atoms with van der Waals surface area (Å²) >= 11 is 0. The maximum Gasteiger partial charge on any atom is 0.338 e. The van der Waals surface area contributed by atoms with Gasteiger partial charge in [-0.15, -0.1) is 20.5 Å². The maximum absolute atomic E-state index is 13.5. The number of phenolic OH excluding ortho intramolecular Hbond substituents is 4. The molecule has 9 aromatic rings. The van der Waals surface area contributed by atoms with Gasteiger partial charge in [-0.3, -0.25) is 0 Å². The third-order valence-electron chi connectivity index (χ3n) is 17.5. The van der Waals surface area contributed by atoms with Gasteiger partial charge < -0.3 is 34.8 Å². The van der Waals surface area contributed by atoms with Gasteiger partial charge in [0.25, 0.3) is 0 Å². The standard InChI is InChI=1S/C38H43N2O3.2C20H20N2O2.Co/c1-10-11-16-42-36(41)26-15-13-12-14-25(26)35-29-17-27-23(2)21-37(4,5)39(8)31(27)19-33(29)43-34-20-32-28(18-30(34)35)24(3)22-38(6,7)40(32)9;2*1-20(2,3)14-9-11-17(23)16(12-14)21-22-19-15-7-5-4-6-13(15)8-10-18(19)24;/h12-15,17-22H,10-11,16H2,1-9H3;2*4-12,23-24H,1-3H3;/q+1;;;. The first-order valence-corrected chi connectivity index (χ1v) is 31.0. The number of nitrogens with zero attached hydrogens (tertiary/aromatic N) is 6. The summed E-state index contributed by atoms with van der Waals surface area (Å²) in [5.74, 6) is 1.53. The zero-order valence-corrected chi connectivity index (χ0v) is 56.4. The molecule has 0 aromatic heterocycles. The first-order chi connectivity index (χ1) is 43.1. The van der Waals surface area contributed by atoms with Crippen LogP contribution in [-0.2, 0) is 32.3 Å². The average molecular weight is 1280 g/mol. The second-order valence-electron chi connectivity index (χ2n) is 26.9. The summed E-state index contributed by atoms with van der Waals surface area (Å²) in [5, 5.41) is 62.8. The van der Waals surface area contributed by atoms with Gasteiger partial charge in [-0.1, -0.05) is 152 Å². The quantitative estimate of drug-likeness (QED) is 0.0478. The molecular weight excluding hydrogens is 1190 g/mol. The Morgan fingerprint density at radius 2 is 1.09 bits per heavy atom. The zero-order chi connectivity index (χ0) is 65.5. The second kappa shape index (κ2) is 26.5. The minimum absolute atomic E-state index is 0. The molecule has 0 spiro atoms. The fourth-order valence-electron chi connectivity index (χ4n) is 11.8. The molecule has 3 aliphatic rings. The molecule has 12 rings (SSSR count). The third kappa shape index (κ3) is 13.8. The molecule has 0 amide bonds. The predicted molar refractivity (Wildman–Crippen MR) is 370 cm³/mol. The molecule has 14 heteroatoms. The van der Waals surface area contributed by atoms with Crippen molar-refractivity contribution in [3.05, 3.63) is 219 Å². The van der Waals surface area contributed by atoms with Crippen LogP contribution in [0.4, 0.5) is 28.4 Å². The molecule has 3 heterocycles. The van der Waals surface area contributed by atoms with Crippen LogP contribution in [-0.4, -0.2) is 58.2 Å². The fourth-order valence-corrected chi connectivity index (χ4v) is 11.8. The number of benzene rings is 9. The summed E-state index contributed by atoms with van der Waals surface area (Å²) in [5.41, 5.74) is 12.6. The van der Waals surface area contributed by atoms with Crippen LogP contribution in [0, 0.1) is 0 Å². The van der Waals surface area contributed by atoms with Crippen molar-refractivity contribution >= 4 is 72.7 Å². The smallest absolute Gasteiger partial charge is 0.338 e. The Morgan fingerprint density at radius 3 is 1.63 bits per heavy atom. The molecule has 1 radical (unpaired) electrons. The van der Waals surface area contributed by atoms with Gasteiger partial charge in [-0.25, -0.2) is 9.37 Å². The zero-order valence-electron chi connectivity index (χ0n) is 55.3. The molecule has 0 saturated heterocycles. The number of azo groups is 2. The Balaban J connectivity index is 0.000000174. The number of hydrogen-bond acceptors (Lipinski definition) is 12. The number of esters is 1. The minimum atomic E-state index is -0.294. The maximum atomic E-state index is 13.5. The second-order valence-corrected chi connectivity index (χ2v) is 26.9. The number of anilines is 1. The predicted octanol–water partition coefficient (Wildman–Crippen LogP) is 18.9. The van der Waals surface area contributed by atoms with Crippen LogP contribution in [0.1, 0.15) is 147 Å². The number of unbranched alkanes of at least 4 members (excludes halogenated alkanes) is 1. The molecule has 0 bridgehead atoms. The Bertz CT molecular complexity index is 4470. The molecule has 4 N–H and O–H groups in total. The van der Waals surface area contributed by atoms with E-state index in [0.717, 1.165) is 90.0 Å². The van der Waals surface area contributed by atoms with E-state index >= 15 is 0 Å². The van der Waals surface area contributed by atoms with Crippen molar-refractivity contribution in [3.63, 3.8) is 0 Å². The van der Waals surface area contributed by atoms with E-state index in [1.807, 2.05) is 109 Å². The van der Waals surface area contributed by atoms with Crippen LogP contribution >= 0.6 is 0 Å². The van der Waals surface area contributed by atoms with Crippen molar-refractivity contribution in [1.82, 2.24) is 4.58 Å². The van der Waals surface area contributed by atoms with Crippen LogP contribution < -0.4 is 24.8 Å². The molecule has 92 heavy (non-hydrogen) atoms. The van der Waals surface area contributed by atoms with Gasteiger partial charge in [0.05, 0.1) is 23.8 Å². The monoisotopic (exact) mass is 1270 g/mol. The number of phenols is 4. The number of carbonyl (C=O) groups is 1. The number of carbonyl (C=O) groups excluding carboxylic acids is 1. The normalized spacial score (nSPS) is 14.5. The van der Waals surface area contributed by atoms with Gasteiger partial charge >= 0.3 is 5.97 Å². The van der Waals surface area contributed by atoms with E-state index in [4.69, 9.17) is 9.47 Å². The van der Waals surface area contributed by atoms with Gasteiger partial charge in [0, 0.05) is 87.7 Å². The Hall–Kier alpha value is -9.37. The van der Waals surface area contributed by atoms with Crippen molar-refractivity contribution in [2.45, 2.75) is 125 Å². The van der Waals surface area contributed by atoms with Crippen molar-refractivity contribution in [2.24, 2.45) is 20.5 Å². The molecule has 475 valence electrons. The average Bonchev–Trinajstić information content (AvgIpc) is 0.722. The van der Waals surface area contributed by atoms with Gasteiger partial charge in [0.15, 0.2) is 5.54 Å². The first-order valence-electron chi connectivity index (χ1n) is 31.0. The Kier molecular flexibility index (Phi) is 19.3. The summed E-state index contributed by atoms with van der Waals surface area (Å²) in [6.45, 7) is 28.3. The fraction of sp³-hybridized carbons (Fsp3) is 0.282. The number of likely N-dealkylation sites (N-methyl/N-ethyl adjacent to an activating group) is 2. The number of rotatable bonds is 9. The summed E-state index contributed by atoms with van der Waals surface area (Å²) < 4.78 is 14.9. The molecule has 9 aromatic carbocycles. The number of fused-ring (bicyclic) bond motifs is 6. The molecule has 0 aliphatic carbocycles. The van der Waals surface area contributed by atoms with E-state index in [1.165, 1.54) is 22.3 Å². The largest absolute Gasteiger partial charge is 0.506 e. The van der Waals surface area contributed by atoms with E-state index < -0.39 is 0 Å². The Morgan fingerprint density at radius 1 is 0.576 bits per heavy atom. The minimum Gasteiger partial charge on any atom is -0.506 e. The molecule has 13 nitrogen and oxygen atoms in total. The number of allylic oxidation sites excluding steroid dienone is 2. The first kappa shape index (κ1) is 67.0. The molecule has 0 unspecified atom stereocenters. The third-order valence-corrected chi connectivity index (χ3v) is 17.5. The van der Waals surface area contributed by atoms with Crippen LogP contribution in [0.25, 0.3) is 38.3 Å². The Labute approximate surface area is 550 Å². The summed E-state index contributed by atoms with van der Waals surface area (Å²) in [6, 6.07) is 49.5. The summed E-state index contributed by atoms with van der Waals surface area (Å²) in [4.78, 5) is 15.8. The van der Waals surface area contributed by atoms with Gasteiger partial charge in [-0.05, 0) is 144 Å². The van der Waals surface area contributed by atoms with E-state index in [2.05, 4.69) is 170 Å². The van der Waals surface area contributed by atoms with Crippen LogP contribution in [0.2, 0.25) is 0 Å². The van der Waals surface area contributed by atoms with Crippen molar-refractivity contribution in [3.8, 4) is 34.5 Å². The summed E-state index contributed by atoms with van der Waals surface area (Å²) in [7, 11) is 4.28. The van der Waals surface area contributed by atoms with Crippen molar-refractivity contribution in [2.75, 3.05) is 25.6 Å². The molecule has 0 saturated carbocycles. The molecule has 0 atom stereocenters. The SMILES string of the molecule is CC(C)(C)c1ccc(O)c(N=Nc2c(O)ccc3ccccc23)c1.CC(C)(C)c1ccc(O)c(N=Nc2c(O)ccc3ccccc23)c1.CCCCOC(=O)c1ccccc1C1=c2cc3c(cc2Oc2cc4c(cc21)C(C)=CC(C)(C)N4C)=[N+](C)C(C)(C)C=C3C.[Co]. The van der Waals surface area contributed by atoms with Crippen LogP contribution in [0.15, 0.2) is 190 Å². The van der Waals surface area contributed by atoms with Crippen molar-refractivity contribution < 1.29 is 51.5 Å². The number of hydrogen-bond donors (Lipinski definition) is 4. The van der Waals surface area contributed by atoms with E-state index in [9.17, 15) is 25.2 Å². The van der Waals surface area contributed by atoms with Gasteiger partial charge in [0.2, 0.25) is 5.36 Å². The number of ether oxygens (including phenoxy) is 2. The number of aromatic hydroxyl groups is 4. The van der Waals surface area contributed by atoms with E-state index in [1.54, 1.807) is 24.3 Å². The topological polar surface area (TPSA) is 172 Å². The summed E-state index contributed by atoms with van der Waals surface area (Å²) in [6.07, 6.45) is 6.45. The van der Waals surface area contributed by atoms with E-state index in [-0.39, 0.29) is 67.7 Å². The molecule has 3 aliphatic heterocycles.